The van der Waals surface area contributed by atoms with Gasteiger partial charge in [-0.2, -0.15) is 0 Å². The van der Waals surface area contributed by atoms with Gasteiger partial charge >= 0.3 is 7.82 Å². The summed E-state index contributed by atoms with van der Waals surface area (Å²) >= 11 is 0. The fourth-order valence-electron chi connectivity index (χ4n) is 5.58. The van der Waals surface area contributed by atoms with E-state index in [0.29, 0.717) is 12.8 Å². The van der Waals surface area contributed by atoms with E-state index in [4.69, 9.17) is 9.79 Å². The third-order valence-electron chi connectivity index (χ3n) is 8.34. The SMILES string of the molecule is CCCCCCCCCCCCCCCC(=O)NC(COP(=O)(O)O)C(O)CCCCCCCCCCCCCCC. The van der Waals surface area contributed by atoms with Crippen molar-refractivity contribution in [2.24, 2.45) is 0 Å². The molecule has 0 radical (unpaired) electrons. The summed E-state index contributed by atoms with van der Waals surface area (Å²) in [7, 11) is -4.68. The number of hydrogen-bond acceptors (Lipinski definition) is 4. The largest absolute Gasteiger partial charge is 0.469 e. The maximum absolute atomic E-state index is 12.5. The Labute approximate surface area is 260 Å². The van der Waals surface area contributed by atoms with Gasteiger partial charge in [0.1, 0.15) is 0 Å². The lowest BCUT2D eigenvalue weighted by Crippen LogP contribution is -2.46. The molecule has 0 aliphatic carbocycles. The second-order valence-corrected chi connectivity index (χ2v) is 13.8. The molecule has 0 aromatic rings. The Kier molecular flexibility index (Phi) is 30.2. The van der Waals surface area contributed by atoms with Crippen LogP contribution in [0.25, 0.3) is 0 Å². The van der Waals surface area contributed by atoms with Gasteiger partial charge in [0.15, 0.2) is 0 Å². The molecule has 2 atom stereocenters. The lowest BCUT2D eigenvalue weighted by Gasteiger charge is -2.24. The van der Waals surface area contributed by atoms with E-state index in [1.165, 1.54) is 128 Å². The first-order chi connectivity index (χ1) is 20.3. The molecule has 0 saturated carbocycles. The Morgan fingerprint density at radius 2 is 0.929 bits per heavy atom. The molecule has 252 valence electrons. The molecule has 0 aliphatic rings. The van der Waals surface area contributed by atoms with Gasteiger partial charge in [-0.05, 0) is 12.8 Å². The van der Waals surface area contributed by atoms with Crippen molar-refractivity contribution >= 4 is 13.7 Å². The van der Waals surface area contributed by atoms with Gasteiger partial charge < -0.3 is 20.2 Å². The smallest absolute Gasteiger partial charge is 0.391 e. The maximum atomic E-state index is 12.5. The molecular weight excluding hydrogens is 549 g/mol. The van der Waals surface area contributed by atoms with Gasteiger partial charge in [0.25, 0.3) is 0 Å². The Balaban J connectivity index is 3.98. The van der Waals surface area contributed by atoms with Crippen LogP contribution in [0.2, 0.25) is 0 Å². The molecule has 8 heteroatoms. The van der Waals surface area contributed by atoms with E-state index < -0.39 is 26.6 Å². The molecule has 0 rings (SSSR count). The molecule has 1 amide bonds. The zero-order valence-electron chi connectivity index (χ0n) is 27.7. The molecule has 4 N–H and O–H groups in total. The molecule has 0 fully saturated rings. The molecule has 7 nitrogen and oxygen atoms in total. The van der Waals surface area contributed by atoms with Crippen LogP contribution in [-0.4, -0.2) is 39.6 Å². The van der Waals surface area contributed by atoms with Gasteiger partial charge in [0.2, 0.25) is 5.91 Å². The van der Waals surface area contributed by atoms with Crippen molar-refractivity contribution in [3.63, 3.8) is 0 Å². The summed E-state index contributed by atoms with van der Waals surface area (Å²) in [6.45, 7) is 4.11. The zero-order chi connectivity index (χ0) is 31.2. The highest BCUT2D eigenvalue weighted by Gasteiger charge is 2.25. The predicted octanol–water partition coefficient (Wildman–Crippen LogP) is 9.90. The predicted molar refractivity (Wildman–Crippen MR) is 177 cm³/mol. The van der Waals surface area contributed by atoms with Crippen molar-refractivity contribution < 1.29 is 28.8 Å². The van der Waals surface area contributed by atoms with E-state index >= 15 is 0 Å². The number of phosphoric ester groups is 1. The monoisotopic (exact) mass is 619 g/mol. The summed E-state index contributed by atoms with van der Waals surface area (Å²) in [5, 5.41) is 13.4. The van der Waals surface area contributed by atoms with Crippen molar-refractivity contribution in [1.29, 1.82) is 0 Å². The summed E-state index contributed by atoms with van der Waals surface area (Å²) < 4.78 is 15.9. The Bertz CT molecular complexity index is 629. The Morgan fingerprint density at radius 1 is 0.595 bits per heavy atom. The molecule has 0 spiro atoms. The average Bonchev–Trinajstić information content (AvgIpc) is 2.95. The molecule has 0 aromatic heterocycles. The molecule has 2 unspecified atom stereocenters. The Hall–Kier alpha value is -0.460. The highest BCUT2D eigenvalue weighted by Crippen LogP contribution is 2.36. The van der Waals surface area contributed by atoms with Crippen LogP contribution in [0.4, 0.5) is 0 Å². The van der Waals surface area contributed by atoms with E-state index in [0.717, 1.165) is 38.5 Å². The molecular formula is C34H70NO6P. The number of nitrogens with one attached hydrogen (secondary N) is 1. The maximum Gasteiger partial charge on any atom is 0.469 e. The van der Waals surface area contributed by atoms with Crippen LogP contribution in [0, 0.1) is 0 Å². The lowest BCUT2D eigenvalue weighted by molar-refractivity contribution is -0.123. The van der Waals surface area contributed by atoms with Gasteiger partial charge in [0, 0.05) is 6.42 Å². The lowest BCUT2D eigenvalue weighted by atomic mass is 10.0. The number of aliphatic hydroxyl groups is 1. The molecule has 0 saturated heterocycles. The highest BCUT2D eigenvalue weighted by atomic mass is 31.2. The number of hydrogen-bond donors (Lipinski definition) is 4. The zero-order valence-corrected chi connectivity index (χ0v) is 28.6. The highest BCUT2D eigenvalue weighted by molar-refractivity contribution is 7.46. The molecule has 0 aliphatic heterocycles. The van der Waals surface area contributed by atoms with Crippen molar-refractivity contribution in [3.8, 4) is 0 Å². The van der Waals surface area contributed by atoms with Crippen LogP contribution in [-0.2, 0) is 13.9 Å². The minimum absolute atomic E-state index is 0.193. The van der Waals surface area contributed by atoms with Crippen molar-refractivity contribution in [2.45, 2.75) is 206 Å². The summed E-state index contributed by atoms with van der Waals surface area (Å²) in [6, 6.07) is -0.815. The van der Waals surface area contributed by atoms with Gasteiger partial charge in [-0.1, -0.05) is 174 Å². The van der Waals surface area contributed by atoms with Crippen LogP contribution in [0.5, 0.6) is 0 Å². The fourth-order valence-corrected chi connectivity index (χ4v) is 5.94. The molecule has 42 heavy (non-hydrogen) atoms. The number of aliphatic hydroxyl groups excluding tert-OH is 1. The average molecular weight is 620 g/mol. The van der Waals surface area contributed by atoms with E-state index in [1.807, 2.05) is 0 Å². The summed E-state index contributed by atoms with van der Waals surface area (Å²) in [6.07, 6.45) is 32.2. The molecule has 0 aromatic carbocycles. The van der Waals surface area contributed by atoms with Gasteiger partial charge in [0.05, 0.1) is 18.8 Å². The number of carbonyl (C=O) groups is 1. The van der Waals surface area contributed by atoms with Crippen LogP contribution in [0.3, 0.4) is 0 Å². The minimum atomic E-state index is -4.68. The summed E-state index contributed by atoms with van der Waals surface area (Å²) in [5.41, 5.74) is 0. The van der Waals surface area contributed by atoms with E-state index in [9.17, 15) is 14.5 Å². The van der Waals surface area contributed by atoms with E-state index in [2.05, 4.69) is 23.7 Å². The number of unbranched alkanes of at least 4 members (excludes halogenated alkanes) is 24. The number of phosphoric acid groups is 1. The van der Waals surface area contributed by atoms with Crippen LogP contribution in [0.15, 0.2) is 0 Å². The van der Waals surface area contributed by atoms with Gasteiger partial charge in [-0.3, -0.25) is 9.32 Å². The third kappa shape index (κ3) is 31.0. The van der Waals surface area contributed by atoms with Crippen molar-refractivity contribution in [3.05, 3.63) is 0 Å². The number of rotatable bonds is 33. The van der Waals surface area contributed by atoms with E-state index in [1.54, 1.807) is 0 Å². The second kappa shape index (κ2) is 30.6. The first-order valence-corrected chi connectivity index (χ1v) is 19.5. The van der Waals surface area contributed by atoms with Crippen LogP contribution in [0.1, 0.15) is 194 Å². The quantitative estimate of drug-likeness (QED) is 0.0429. The first kappa shape index (κ1) is 41.5. The third-order valence-corrected chi connectivity index (χ3v) is 8.83. The molecule has 0 bridgehead atoms. The number of amides is 1. The topological polar surface area (TPSA) is 116 Å². The molecule has 0 heterocycles. The Morgan fingerprint density at radius 3 is 1.29 bits per heavy atom. The first-order valence-electron chi connectivity index (χ1n) is 18.0. The number of carbonyl (C=O) groups excluding carboxylic acids is 1. The van der Waals surface area contributed by atoms with Crippen molar-refractivity contribution in [2.75, 3.05) is 6.61 Å². The van der Waals surface area contributed by atoms with Gasteiger partial charge in [-0.25, -0.2) is 4.57 Å². The summed E-state index contributed by atoms with van der Waals surface area (Å²) in [4.78, 5) is 30.7. The van der Waals surface area contributed by atoms with Crippen LogP contribution < -0.4 is 5.32 Å². The normalized spacial score (nSPS) is 13.4. The van der Waals surface area contributed by atoms with Crippen LogP contribution >= 0.6 is 7.82 Å². The minimum Gasteiger partial charge on any atom is -0.391 e. The standard InChI is InChI=1S/C34H70NO6P/c1-3-5-7-9-11-13-15-17-19-21-23-25-27-29-33(36)32(31-41-42(38,39)40)35-34(37)30-28-26-24-22-20-18-16-14-12-10-8-6-4-2/h32-33,36H,3-31H2,1-2H3,(H,35,37)(H2,38,39,40). The second-order valence-electron chi connectivity index (χ2n) is 12.6. The fraction of sp³-hybridized carbons (Fsp3) is 0.971. The summed E-state index contributed by atoms with van der Waals surface area (Å²) in [5.74, 6) is -0.193. The van der Waals surface area contributed by atoms with Crippen molar-refractivity contribution in [1.82, 2.24) is 5.32 Å². The van der Waals surface area contributed by atoms with Gasteiger partial charge in [-0.15, -0.1) is 0 Å². The van der Waals surface area contributed by atoms with E-state index in [-0.39, 0.29) is 5.91 Å².